The molecule has 1 aromatic heterocycles. The van der Waals surface area contributed by atoms with Crippen LogP contribution in [-0.4, -0.2) is 46.9 Å². The number of pyridine rings is 1. The molecule has 0 spiro atoms. The number of hydrogen-bond acceptors (Lipinski definition) is 5. The summed E-state index contributed by atoms with van der Waals surface area (Å²) in [5.74, 6) is -1.37. The molecule has 7 nitrogen and oxygen atoms in total. The fourth-order valence-electron chi connectivity index (χ4n) is 2.76. The average Bonchev–Trinajstić information content (AvgIpc) is 2.92. The van der Waals surface area contributed by atoms with Crippen molar-refractivity contribution in [1.29, 1.82) is 0 Å². The second kappa shape index (κ2) is 8.29. The van der Waals surface area contributed by atoms with Gasteiger partial charge in [0.05, 0.1) is 23.0 Å². The largest absolute Gasteiger partial charge is 0.468 e. The number of nitrogens with one attached hydrogen (secondary N) is 1. The number of hydrogen-bond donors (Lipinski definition) is 1. The minimum atomic E-state index is -4.46. The third-order valence-corrected chi connectivity index (χ3v) is 4.07. The molecule has 2 heterocycles. The van der Waals surface area contributed by atoms with Gasteiger partial charge < -0.3 is 10.1 Å². The Kier molecular flexibility index (Phi) is 5.81. The van der Waals surface area contributed by atoms with Gasteiger partial charge >= 0.3 is 6.18 Å². The number of aromatic nitrogens is 1. The lowest BCUT2D eigenvalue weighted by molar-refractivity contribution is -0.154. The van der Waals surface area contributed by atoms with Gasteiger partial charge in [-0.3, -0.25) is 19.3 Å². The van der Waals surface area contributed by atoms with E-state index in [-0.39, 0.29) is 48.7 Å². The minimum absolute atomic E-state index is 0.0414. The topological polar surface area (TPSA) is 88.6 Å². The maximum absolute atomic E-state index is 12.2. The third-order valence-electron chi connectivity index (χ3n) is 4.07. The molecule has 0 radical (unpaired) electrons. The van der Waals surface area contributed by atoms with Gasteiger partial charge in [-0.25, -0.2) is 4.98 Å². The number of carbonyl (C=O) groups excluding carboxylic acids is 3. The number of benzene rings is 1. The van der Waals surface area contributed by atoms with E-state index in [1.54, 1.807) is 24.3 Å². The van der Waals surface area contributed by atoms with Crippen molar-refractivity contribution in [3.8, 4) is 5.88 Å². The number of rotatable bonds is 7. The van der Waals surface area contributed by atoms with Crippen LogP contribution in [0.15, 0.2) is 42.6 Å². The van der Waals surface area contributed by atoms with Crippen LogP contribution in [0.5, 0.6) is 5.88 Å². The van der Waals surface area contributed by atoms with Gasteiger partial charge in [-0.1, -0.05) is 12.1 Å². The first kappa shape index (κ1) is 20.3. The van der Waals surface area contributed by atoms with Gasteiger partial charge in [-0.05, 0) is 24.6 Å². The van der Waals surface area contributed by atoms with Gasteiger partial charge in [-0.2, -0.15) is 13.2 Å². The standard InChI is InChI=1S/C19H16F3N3O4/c20-19(21,22)11-29-16-8-7-12(10-23-16)24-15(26)6-3-9-25-17(27)13-4-1-2-5-14(13)18(25)28/h1-2,4-5,7-8,10H,3,6,9,11H2,(H,24,26). The summed E-state index contributed by atoms with van der Waals surface area (Å²) in [4.78, 5) is 41.3. The zero-order valence-corrected chi connectivity index (χ0v) is 15.0. The lowest BCUT2D eigenvalue weighted by Gasteiger charge is -2.13. The molecule has 0 saturated heterocycles. The van der Waals surface area contributed by atoms with Crippen molar-refractivity contribution in [3.05, 3.63) is 53.7 Å². The molecule has 0 bridgehead atoms. The summed E-state index contributed by atoms with van der Waals surface area (Å²) < 4.78 is 40.8. The monoisotopic (exact) mass is 407 g/mol. The summed E-state index contributed by atoms with van der Waals surface area (Å²) in [6.45, 7) is -1.36. The summed E-state index contributed by atoms with van der Waals surface area (Å²) >= 11 is 0. The molecule has 2 aromatic rings. The van der Waals surface area contributed by atoms with Crippen molar-refractivity contribution in [2.45, 2.75) is 19.0 Å². The van der Waals surface area contributed by atoms with Gasteiger partial charge in [-0.15, -0.1) is 0 Å². The highest BCUT2D eigenvalue weighted by Crippen LogP contribution is 2.23. The quantitative estimate of drug-likeness (QED) is 0.713. The van der Waals surface area contributed by atoms with Crippen LogP contribution < -0.4 is 10.1 Å². The lowest BCUT2D eigenvalue weighted by atomic mass is 10.1. The molecule has 1 aliphatic rings. The summed E-state index contributed by atoms with van der Waals surface area (Å²) in [5, 5.41) is 2.54. The normalized spacial score (nSPS) is 13.4. The first-order valence-corrected chi connectivity index (χ1v) is 8.65. The second-order valence-corrected chi connectivity index (χ2v) is 6.25. The van der Waals surface area contributed by atoms with Crippen LogP contribution in [0.1, 0.15) is 33.6 Å². The number of amides is 3. The Bertz CT molecular complexity index is 894. The number of carbonyl (C=O) groups is 3. The Morgan fingerprint density at radius 2 is 1.72 bits per heavy atom. The summed E-state index contributed by atoms with van der Waals surface area (Å²) in [5.41, 5.74) is 0.983. The van der Waals surface area contributed by atoms with E-state index in [1.165, 1.54) is 18.3 Å². The molecule has 1 aromatic carbocycles. The maximum atomic E-state index is 12.2. The molecule has 29 heavy (non-hydrogen) atoms. The van der Waals surface area contributed by atoms with Gasteiger partial charge in [0, 0.05) is 19.0 Å². The number of imide groups is 1. The van der Waals surface area contributed by atoms with E-state index in [0.29, 0.717) is 11.1 Å². The van der Waals surface area contributed by atoms with Crippen molar-refractivity contribution < 1.29 is 32.3 Å². The van der Waals surface area contributed by atoms with E-state index < -0.39 is 12.8 Å². The first-order chi connectivity index (χ1) is 13.7. The molecule has 1 aliphatic heterocycles. The molecule has 3 rings (SSSR count). The molecule has 152 valence electrons. The Morgan fingerprint density at radius 3 is 2.28 bits per heavy atom. The van der Waals surface area contributed by atoms with Crippen molar-refractivity contribution in [1.82, 2.24) is 9.88 Å². The van der Waals surface area contributed by atoms with Crippen LogP contribution in [0, 0.1) is 0 Å². The number of alkyl halides is 3. The van der Waals surface area contributed by atoms with Crippen molar-refractivity contribution in [3.63, 3.8) is 0 Å². The van der Waals surface area contributed by atoms with Crippen LogP contribution in [0.25, 0.3) is 0 Å². The molecule has 0 fully saturated rings. The zero-order chi connectivity index (χ0) is 21.0. The molecule has 0 atom stereocenters. The molecule has 3 amide bonds. The number of ether oxygens (including phenoxy) is 1. The smallest absolute Gasteiger partial charge is 0.422 e. The highest BCUT2D eigenvalue weighted by molar-refractivity contribution is 6.21. The summed E-state index contributed by atoms with van der Waals surface area (Å²) in [6, 6.07) is 9.08. The fraction of sp³-hybridized carbons (Fsp3) is 0.263. The van der Waals surface area contributed by atoms with Gasteiger partial charge in [0.1, 0.15) is 0 Å². The van der Waals surface area contributed by atoms with Crippen LogP contribution in [0.3, 0.4) is 0 Å². The Hall–Kier alpha value is -3.43. The molecular formula is C19H16F3N3O4. The van der Waals surface area contributed by atoms with Gasteiger partial charge in [0.2, 0.25) is 11.8 Å². The second-order valence-electron chi connectivity index (χ2n) is 6.25. The highest BCUT2D eigenvalue weighted by atomic mass is 19.4. The van der Waals surface area contributed by atoms with Crippen molar-refractivity contribution >= 4 is 23.4 Å². The van der Waals surface area contributed by atoms with Crippen LogP contribution in [-0.2, 0) is 4.79 Å². The highest BCUT2D eigenvalue weighted by Gasteiger charge is 2.34. The Morgan fingerprint density at radius 1 is 1.07 bits per heavy atom. The summed E-state index contributed by atoms with van der Waals surface area (Å²) in [7, 11) is 0. The maximum Gasteiger partial charge on any atom is 0.422 e. The van der Waals surface area contributed by atoms with E-state index in [0.717, 1.165) is 4.90 Å². The minimum Gasteiger partial charge on any atom is -0.468 e. The Labute approximate surface area is 163 Å². The third kappa shape index (κ3) is 5.09. The van der Waals surface area contributed by atoms with Crippen LogP contribution >= 0.6 is 0 Å². The summed E-state index contributed by atoms with van der Waals surface area (Å²) in [6.07, 6.45) is -2.99. The predicted molar refractivity (Wildman–Crippen MR) is 95.5 cm³/mol. The SMILES string of the molecule is O=C(CCCN1C(=O)c2ccccc2C1=O)Nc1ccc(OCC(F)(F)F)nc1. The average molecular weight is 407 g/mol. The van der Waals surface area contributed by atoms with E-state index in [4.69, 9.17) is 0 Å². The molecule has 0 unspecified atom stereocenters. The van der Waals surface area contributed by atoms with E-state index in [2.05, 4.69) is 15.0 Å². The number of halogens is 3. The lowest BCUT2D eigenvalue weighted by Crippen LogP contribution is -2.31. The van der Waals surface area contributed by atoms with E-state index in [9.17, 15) is 27.6 Å². The fourth-order valence-corrected chi connectivity index (χ4v) is 2.76. The van der Waals surface area contributed by atoms with Crippen LogP contribution in [0.4, 0.5) is 18.9 Å². The van der Waals surface area contributed by atoms with E-state index in [1.807, 2.05) is 0 Å². The van der Waals surface area contributed by atoms with Gasteiger partial charge in [0.25, 0.3) is 11.8 Å². The number of nitrogens with zero attached hydrogens (tertiary/aromatic N) is 2. The first-order valence-electron chi connectivity index (χ1n) is 8.65. The van der Waals surface area contributed by atoms with Crippen LogP contribution in [0.2, 0.25) is 0 Å². The molecular weight excluding hydrogens is 391 g/mol. The molecule has 0 saturated carbocycles. The molecule has 0 aliphatic carbocycles. The van der Waals surface area contributed by atoms with Crippen molar-refractivity contribution in [2.75, 3.05) is 18.5 Å². The molecule has 10 heteroatoms. The zero-order valence-electron chi connectivity index (χ0n) is 15.0. The molecule has 1 N–H and O–H groups in total. The number of anilines is 1. The predicted octanol–water partition coefficient (Wildman–Crippen LogP) is 3.04. The number of fused-ring (bicyclic) bond motifs is 1. The van der Waals surface area contributed by atoms with E-state index >= 15 is 0 Å². The van der Waals surface area contributed by atoms with Gasteiger partial charge in [0.15, 0.2) is 6.61 Å². The Balaban J connectivity index is 1.45. The van der Waals surface area contributed by atoms with Crippen molar-refractivity contribution in [2.24, 2.45) is 0 Å².